The molecule has 0 fully saturated rings. The Morgan fingerprint density at radius 2 is 1.90 bits per heavy atom. The Balaban J connectivity index is 2.78. The molecule has 29 heavy (non-hydrogen) atoms. The summed E-state index contributed by atoms with van der Waals surface area (Å²) in [7, 11) is 1.64. The molecule has 154 valence electrons. The van der Waals surface area contributed by atoms with E-state index in [1.165, 1.54) is 4.57 Å². The molecule has 0 unspecified atom stereocenters. The number of carbonyl (C=O) groups is 1. The van der Waals surface area contributed by atoms with Gasteiger partial charge in [0.05, 0.1) is 11.1 Å². The molecule has 2 aromatic heterocycles. The number of anilines is 1. The summed E-state index contributed by atoms with van der Waals surface area (Å²) in [4.78, 5) is 29.5. The molecule has 0 amide bonds. The number of carbonyl (C=O) groups excluding carboxylic acids is 1. The van der Waals surface area contributed by atoms with Crippen LogP contribution < -0.4 is 11.3 Å². The molecule has 0 aliphatic rings. The van der Waals surface area contributed by atoms with Crippen LogP contribution in [0.5, 0.6) is 0 Å². The van der Waals surface area contributed by atoms with E-state index in [0.29, 0.717) is 39.9 Å². The maximum absolute atomic E-state index is 15.5. The molecular formula is C23H28FN3O2. The second-order valence-electron chi connectivity index (χ2n) is 7.02. The number of nitrogens with two attached hydrogens (primary N) is 1. The fourth-order valence-corrected chi connectivity index (χ4v) is 3.35. The van der Waals surface area contributed by atoms with Crippen molar-refractivity contribution in [2.24, 2.45) is 7.05 Å². The minimum absolute atomic E-state index is 0.110. The second kappa shape index (κ2) is 8.99. The van der Waals surface area contributed by atoms with E-state index in [1.807, 2.05) is 6.92 Å². The molecule has 0 aliphatic carbocycles. The van der Waals surface area contributed by atoms with Crippen LogP contribution in [0.2, 0.25) is 0 Å². The van der Waals surface area contributed by atoms with Gasteiger partial charge in [0, 0.05) is 36.7 Å². The summed E-state index contributed by atoms with van der Waals surface area (Å²) in [5.41, 5.74) is 7.97. The number of nitrogen functional groups attached to an aromatic ring is 1. The number of ketones is 1. The fraction of sp³-hybridized carbons (Fsp3) is 0.348. The minimum atomic E-state index is -0.582. The number of aromatic nitrogens is 2. The molecular weight excluding hydrogens is 369 g/mol. The van der Waals surface area contributed by atoms with E-state index in [-0.39, 0.29) is 28.9 Å². The third-order valence-corrected chi connectivity index (χ3v) is 5.22. The number of halogens is 1. The Morgan fingerprint density at radius 1 is 1.24 bits per heavy atom. The minimum Gasteiger partial charge on any atom is -0.384 e. The fourth-order valence-electron chi connectivity index (χ4n) is 3.35. The molecule has 0 aliphatic heterocycles. The van der Waals surface area contributed by atoms with E-state index >= 15 is 4.39 Å². The second-order valence-corrected chi connectivity index (χ2v) is 7.02. The van der Waals surface area contributed by atoms with E-state index < -0.39 is 5.83 Å². The van der Waals surface area contributed by atoms with Crippen molar-refractivity contribution in [3.8, 4) is 0 Å². The molecule has 6 heteroatoms. The van der Waals surface area contributed by atoms with Crippen molar-refractivity contribution in [1.82, 2.24) is 9.55 Å². The predicted octanol–water partition coefficient (Wildman–Crippen LogP) is 4.87. The zero-order valence-corrected chi connectivity index (χ0v) is 17.9. The van der Waals surface area contributed by atoms with Crippen molar-refractivity contribution < 1.29 is 9.18 Å². The van der Waals surface area contributed by atoms with Gasteiger partial charge in [0.1, 0.15) is 11.6 Å². The number of fused-ring (bicyclic) bond motifs is 1. The zero-order chi connectivity index (χ0) is 21.9. The Morgan fingerprint density at radius 3 is 2.45 bits per heavy atom. The van der Waals surface area contributed by atoms with Gasteiger partial charge < -0.3 is 10.3 Å². The standard InChI is InChI=1S/C23H28FN3O2/c1-7-13(4)21(19(28)9-3)22(24)14(5)16(8-2)17-10-15-12-26-20(25)11-18(15)27(6)23(17)29/h8,10-12H,7,9H2,1-6H3,(H2,25,26)/b16-8+,21-13+,22-14+. The average molecular weight is 397 g/mol. The molecule has 0 saturated heterocycles. The van der Waals surface area contributed by atoms with Crippen molar-refractivity contribution in [3.63, 3.8) is 0 Å². The van der Waals surface area contributed by atoms with Crippen LogP contribution in [0.1, 0.15) is 53.0 Å². The number of nitrogens with zero attached hydrogens (tertiary/aromatic N) is 2. The van der Waals surface area contributed by atoms with Crippen LogP contribution in [0.3, 0.4) is 0 Å². The first kappa shape index (κ1) is 22.3. The van der Waals surface area contributed by atoms with Gasteiger partial charge >= 0.3 is 0 Å². The van der Waals surface area contributed by atoms with Crippen molar-refractivity contribution in [2.45, 2.75) is 47.5 Å². The van der Waals surface area contributed by atoms with Gasteiger partial charge in [-0.3, -0.25) is 9.59 Å². The summed E-state index contributed by atoms with van der Waals surface area (Å²) in [5.74, 6) is -0.513. The Labute approximate surface area is 170 Å². The van der Waals surface area contributed by atoms with Crippen molar-refractivity contribution in [2.75, 3.05) is 5.73 Å². The number of aryl methyl sites for hydroxylation is 1. The summed E-state index contributed by atoms with van der Waals surface area (Å²) in [6.07, 6.45) is 4.06. The molecule has 0 bridgehead atoms. The van der Waals surface area contributed by atoms with E-state index in [4.69, 9.17) is 5.73 Å². The summed E-state index contributed by atoms with van der Waals surface area (Å²) in [6.45, 7) is 8.70. The molecule has 0 saturated carbocycles. The largest absolute Gasteiger partial charge is 0.384 e. The zero-order valence-electron chi connectivity index (χ0n) is 17.9. The van der Waals surface area contributed by atoms with Gasteiger partial charge in [-0.2, -0.15) is 0 Å². The molecule has 0 spiro atoms. The van der Waals surface area contributed by atoms with Gasteiger partial charge in [0.2, 0.25) is 0 Å². The van der Waals surface area contributed by atoms with Crippen LogP contribution in [0.25, 0.3) is 16.5 Å². The first-order valence-corrected chi connectivity index (χ1v) is 9.69. The maximum atomic E-state index is 15.5. The Bertz CT molecular complexity index is 1120. The lowest BCUT2D eigenvalue weighted by Gasteiger charge is -2.15. The summed E-state index contributed by atoms with van der Waals surface area (Å²) < 4.78 is 17.0. The number of pyridine rings is 2. The topological polar surface area (TPSA) is 78.0 Å². The highest BCUT2D eigenvalue weighted by molar-refractivity contribution is 6.01. The Hall–Kier alpha value is -3.02. The lowest BCUT2D eigenvalue weighted by molar-refractivity contribution is -0.115. The third-order valence-electron chi connectivity index (χ3n) is 5.22. The number of hydrogen-bond acceptors (Lipinski definition) is 4. The summed E-state index contributed by atoms with van der Waals surface area (Å²) in [5, 5.41) is 0.717. The normalized spacial score (nSPS) is 14.0. The molecule has 2 heterocycles. The van der Waals surface area contributed by atoms with Crippen molar-refractivity contribution in [1.29, 1.82) is 0 Å². The summed E-state index contributed by atoms with van der Waals surface area (Å²) in [6, 6.07) is 3.32. The Kier molecular flexibility index (Phi) is 6.90. The van der Waals surface area contributed by atoms with Gasteiger partial charge in [-0.25, -0.2) is 9.37 Å². The third kappa shape index (κ3) is 4.21. The quantitative estimate of drug-likeness (QED) is 0.557. The van der Waals surface area contributed by atoms with E-state index in [0.717, 1.165) is 0 Å². The lowest BCUT2D eigenvalue weighted by atomic mass is 9.92. The number of allylic oxidation sites excluding steroid dienone is 6. The number of rotatable bonds is 6. The summed E-state index contributed by atoms with van der Waals surface area (Å²) >= 11 is 0. The molecule has 2 rings (SSSR count). The first-order chi connectivity index (χ1) is 13.7. The maximum Gasteiger partial charge on any atom is 0.258 e. The van der Waals surface area contributed by atoms with Gasteiger partial charge in [-0.1, -0.05) is 25.5 Å². The predicted molar refractivity (Wildman–Crippen MR) is 117 cm³/mol. The first-order valence-electron chi connectivity index (χ1n) is 9.69. The van der Waals surface area contributed by atoms with Crippen LogP contribution in [-0.4, -0.2) is 15.3 Å². The van der Waals surface area contributed by atoms with Crippen LogP contribution in [-0.2, 0) is 11.8 Å². The highest BCUT2D eigenvalue weighted by atomic mass is 19.1. The van der Waals surface area contributed by atoms with Crippen LogP contribution in [0, 0.1) is 0 Å². The van der Waals surface area contributed by atoms with E-state index in [9.17, 15) is 9.59 Å². The SMILES string of the molecule is C\C=C(/C(C)=C(F)\C(C(=O)CC)=C(/C)CC)c1cc2cnc(N)cc2n(C)c1=O. The highest BCUT2D eigenvalue weighted by Crippen LogP contribution is 2.31. The smallest absolute Gasteiger partial charge is 0.258 e. The lowest BCUT2D eigenvalue weighted by Crippen LogP contribution is -2.21. The highest BCUT2D eigenvalue weighted by Gasteiger charge is 2.21. The number of Topliss-reactive ketones (excluding diaryl/α,β-unsaturated/α-hetero) is 1. The van der Waals surface area contributed by atoms with Crippen molar-refractivity contribution in [3.05, 3.63) is 62.9 Å². The molecule has 0 radical (unpaired) electrons. The van der Waals surface area contributed by atoms with Crippen molar-refractivity contribution >= 4 is 28.1 Å². The molecule has 5 nitrogen and oxygen atoms in total. The van der Waals surface area contributed by atoms with Gasteiger partial charge in [0.25, 0.3) is 5.56 Å². The van der Waals surface area contributed by atoms with E-state index in [2.05, 4.69) is 4.98 Å². The average Bonchev–Trinajstić information content (AvgIpc) is 2.71. The van der Waals surface area contributed by atoms with Crippen LogP contribution >= 0.6 is 0 Å². The molecule has 2 aromatic rings. The monoisotopic (exact) mass is 397 g/mol. The van der Waals surface area contributed by atoms with Gasteiger partial charge in [-0.15, -0.1) is 0 Å². The van der Waals surface area contributed by atoms with Gasteiger partial charge in [-0.05, 0) is 44.4 Å². The van der Waals surface area contributed by atoms with Crippen LogP contribution in [0.4, 0.5) is 10.2 Å². The number of hydrogen-bond donors (Lipinski definition) is 1. The molecule has 2 N–H and O–H groups in total. The van der Waals surface area contributed by atoms with Gasteiger partial charge in [0.15, 0.2) is 5.78 Å². The van der Waals surface area contributed by atoms with Crippen LogP contribution in [0.15, 0.2) is 51.7 Å². The molecule has 0 atom stereocenters. The molecule has 0 aromatic carbocycles. The van der Waals surface area contributed by atoms with E-state index in [1.54, 1.807) is 59.1 Å².